The first-order valence-electron chi connectivity index (χ1n) is 8.76. The number of fused-ring (bicyclic) bond motifs is 1. The minimum absolute atomic E-state index is 0.0422. The van der Waals surface area contributed by atoms with Gasteiger partial charge in [0.05, 0.1) is 10.9 Å². The molecule has 1 N–H and O–H groups in total. The second kappa shape index (κ2) is 9.19. The van der Waals surface area contributed by atoms with Crippen LogP contribution in [-0.4, -0.2) is 21.2 Å². The van der Waals surface area contributed by atoms with E-state index in [2.05, 4.69) is 26.2 Å². The molecule has 0 fully saturated rings. The maximum atomic E-state index is 12.8. The van der Waals surface area contributed by atoms with Crippen LogP contribution in [0.15, 0.2) is 63.0 Å². The Morgan fingerprint density at radius 2 is 2.00 bits per heavy atom. The van der Waals surface area contributed by atoms with Gasteiger partial charge in [0, 0.05) is 28.9 Å². The van der Waals surface area contributed by atoms with Crippen molar-refractivity contribution in [3.8, 4) is 0 Å². The van der Waals surface area contributed by atoms with Crippen LogP contribution < -0.4 is 10.9 Å². The van der Waals surface area contributed by atoms with Crippen LogP contribution >= 0.6 is 27.7 Å². The molecule has 1 aromatic heterocycles. The van der Waals surface area contributed by atoms with E-state index < -0.39 is 0 Å². The summed E-state index contributed by atoms with van der Waals surface area (Å²) in [5.41, 5.74) is 1.41. The molecular weight excluding hydrogens is 426 g/mol. The topological polar surface area (TPSA) is 64.0 Å². The Kier molecular flexibility index (Phi) is 6.68. The molecule has 0 bridgehead atoms. The van der Waals surface area contributed by atoms with Crippen molar-refractivity contribution in [2.75, 3.05) is 11.1 Å². The number of halogens is 1. The molecule has 1 heterocycles. The van der Waals surface area contributed by atoms with Gasteiger partial charge in [-0.15, -0.1) is 0 Å². The van der Waals surface area contributed by atoms with Crippen LogP contribution in [0.3, 0.4) is 0 Å². The number of hydrogen-bond donors (Lipinski definition) is 1. The lowest BCUT2D eigenvalue weighted by molar-refractivity contribution is -0.115. The van der Waals surface area contributed by atoms with Crippen molar-refractivity contribution < 1.29 is 4.79 Å². The predicted octanol–water partition coefficient (Wildman–Crippen LogP) is 4.69. The van der Waals surface area contributed by atoms with E-state index in [0.29, 0.717) is 34.8 Å². The van der Waals surface area contributed by atoms with Crippen LogP contribution in [0.25, 0.3) is 10.9 Å². The molecular formula is C20H20BrN3O2S. The molecule has 0 aliphatic heterocycles. The van der Waals surface area contributed by atoms with Gasteiger partial charge in [-0.1, -0.05) is 52.8 Å². The third-order valence-electron chi connectivity index (χ3n) is 3.95. The van der Waals surface area contributed by atoms with Crippen molar-refractivity contribution in [2.45, 2.75) is 31.5 Å². The molecule has 2 aromatic carbocycles. The summed E-state index contributed by atoms with van der Waals surface area (Å²) in [7, 11) is 0. The zero-order valence-electron chi connectivity index (χ0n) is 14.9. The highest BCUT2D eigenvalue weighted by atomic mass is 79.9. The molecule has 0 aliphatic rings. The molecule has 0 aliphatic carbocycles. The van der Waals surface area contributed by atoms with Gasteiger partial charge in [0.15, 0.2) is 5.16 Å². The van der Waals surface area contributed by atoms with Crippen molar-refractivity contribution in [3.05, 3.63) is 63.4 Å². The van der Waals surface area contributed by atoms with Gasteiger partial charge in [0.25, 0.3) is 5.56 Å². The summed E-state index contributed by atoms with van der Waals surface area (Å²) in [5.74, 6) is 0.499. The number of carbonyl (C=O) groups is 1. The fraction of sp³-hybridized carbons (Fsp3) is 0.250. The highest BCUT2D eigenvalue weighted by Crippen LogP contribution is 2.21. The van der Waals surface area contributed by atoms with Gasteiger partial charge in [-0.2, -0.15) is 0 Å². The zero-order chi connectivity index (χ0) is 19.2. The number of rotatable bonds is 7. The molecule has 140 valence electrons. The second-order valence-electron chi connectivity index (χ2n) is 6.03. The largest absolute Gasteiger partial charge is 0.326 e. The molecule has 0 atom stereocenters. The summed E-state index contributed by atoms with van der Waals surface area (Å²) in [4.78, 5) is 29.6. The Labute approximate surface area is 170 Å². The van der Waals surface area contributed by atoms with E-state index in [4.69, 9.17) is 0 Å². The van der Waals surface area contributed by atoms with Crippen molar-refractivity contribution >= 4 is 50.2 Å². The maximum Gasteiger partial charge on any atom is 0.262 e. The van der Waals surface area contributed by atoms with Crippen molar-refractivity contribution in [2.24, 2.45) is 0 Å². The molecule has 0 saturated heterocycles. The van der Waals surface area contributed by atoms with E-state index in [1.54, 1.807) is 10.6 Å². The normalized spacial score (nSPS) is 10.9. The van der Waals surface area contributed by atoms with Gasteiger partial charge in [0.2, 0.25) is 5.91 Å². The number of benzene rings is 2. The van der Waals surface area contributed by atoms with Crippen LogP contribution in [0.1, 0.15) is 19.8 Å². The Bertz CT molecular complexity index is 1010. The van der Waals surface area contributed by atoms with Gasteiger partial charge in [-0.3, -0.25) is 14.2 Å². The van der Waals surface area contributed by atoms with Gasteiger partial charge in [0.1, 0.15) is 0 Å². The molecule has 0 unspecified atom stereocenters. The van der Waals surface area contributed by atoms with Crippen molar-refractivity contribution in [1.82, 2.24) is 9.55 Å². The lowest BCUT2D eigenvalue weighted by atomic mass is 10.2. The smallest absolute Gasteiger partial charge is 0.262 e. The number of nitrogens with zero attached hydrogens (tertiary/aromatic N) is 2. The van der Waals surface area contributed by atoms with Crippen LogP contribution in [0.4, 0.5) is 5.69 Å². The maximum absolute atomic E-state index is 12.8. The van der Waals surface area contributed by atoms with Gasteiger partial charge >= 0.3 is 0 Å². The average Bonchev–Trinajstić information content (AvgIpc) is 2.66. The molecule has 5 nitrogen and oxygen atoms in total. The fourth-order valence-electron chi connectivity index (χ4n) is 2.68. The van der Waals surface area contributed by atoms with Crippen LogP contribution in [-0.2, 0) is 11.3 Å². The van der Waals surface area contributed by atoms with Crippen LogP contribution in [0.5, 0.6) is 0 Å². The number of anilines is 1. The second-order valence-corrected chi connectivity index (χ2v) is 8.00. The number of nitrogens with one attached hydrogen (secondary N) is 1. The van der Waals surface area contributed by atoms with E-state index in [1.807, 2.05) is 49.4 Å². The molecule has 27 heavy (non-hydrogen) atoms. The third-order valence-corrected chi connectivity index (χ3v) is 5.42. The van der Waals surface area contributed by atoms with E-state index in [-0.39, 0.29) is 11.5 Å². The van der Waals surface area contributed by atoms with Crippen LogP contribution in [0, 0.1) is 0 Å². The number of para-hydroxylation sites is 1. The van der Waals surface area contributed by atoms with Crippen molar-refractivity contribution in [3.63, 3.8) is 0 Å². The van der Waals surface area contributed by atoms with Gasteiger partial charge < -0.3 is 5.32 Å². The minimum Gasteiger partial charge on any atom is -0.326 e. The number of carbonyl (C=O) groups excluding carboxylic acids is 1. The molecule has 7 heteroatoms. The summed E-state index contributed by atoms with van der Waals surface area (Å²) in [5, 5.41) is 4.13. The SMILES string of the molecule is CCCn1c(SCCC(=O)Nc2ccccc2)nc2ccc(Br)cc2c1=O. The van der Waals surface area contributed by atoms with Gasteiger partial charge in [-0.05, 0) is 36.8 Å². The fourth-order valence-corrected chi connectivity index (χ4v) is 4.01. The molecule has 3 aromatic rings. The highest BCUT2D eigenvalue weighted by Gasteiger charge is 2.12. The molecule has 0 spiro atoms. The third kappa shape index (κ3) is 4.99. The number of amides is 1. The lowest BCUT2D eigenvalue weighted by Gasteiger charge is -2.12. The quantitative estimate of drug-likeness (QED) is 0.423. The standard InChI is InChI=1S/C20H20BrN3O2S/c1-2-11-24-19(26)16-13-14(21)8-9-17(16)23-20(24)27-12-10-18(25)22-15-6-4-3-5-7-15/h3-9,13H,2,10-12H2,1H3,(H,22,25). The Morgan fingerprint density at radius 3 is 2.74 bits per heavy atom. The Balaban J connectivity index is 1.74. The number of thioether (sulfide) groups is 1. The highest BCUT2D eigenvalue weighted by molar-refractivity contribution is 9.10. The first kappa shape index (κ1) is 19.6. The summed E-state index contributed by atoms with van der Waals surface area (Å²) in [6.45, 7) is 2.63. The van der Waals surface area contributed by atoms with Gasteiger partial charge in [-0.25, -0.2) is 4.98 Å². The summed E-state index contributed by atoms with van der Waals surface area (Å²) >= 11 is 4.85. The van der Waals surface area contributed by atoms with E-state index in [9.17, 15) is 9.59 Å². The number of aromatic nitrogens is 2. The lowest BCUT2D eigenvalue weighted by Crippen LogP contribution is -2.23. The minimum atomic E-state index is -0.0530. The molecule has 3 rings (SSSR count). The first-order valence-corrected chi connectivity index (χ1v) is 10.5. The zero-order valence-corrected chi connectivity index (χ0v) is 17.3. The molecule has 0 saturated carbocycles. The Hall–Kier alpha value is -2.12. The van der Waals surface area contributed by atoms with Crippen LogP contribution in [0.2, 0.25) is 0 Å². The van der Waals surface area contributed by atoms with Crippen molar-refractivity contribution in [1.29, 1.82) is 0 Å². The number of hydrogen-bond acceptors (Lipinski definition) is 4. The molecule has 1 amide bonds. The summed E-state index contributed by atoms with van der Waals surface area (Å²) < 4.78 is 2.56. The molecule has 0 radical (unpaired) electrons. The Morgan fingerprint density at radius 1 is 1.22 bits per heavy atom. The summed E-state index contributed by atoms with van der Waals surface area (Å²) in [6, 6.07) is 14.9. The predicted molar refractivity (Wildman–Crippen MR) is 114 cm³/mol. The van der Waals surface area contributed by atoms with E-state index >= 15 is 0 Å². The first-order chi connectivity index (χ1) is 13.1. The van der Waals surface area contributed by atoms with E-state index in [0.717, 1.165) is 16.6 Å². The average molecular weight is 446 g/mol. The van der Waals surface area contributed by atoms with E-state index in [1.165, 1.54) is 11.8 Å². The summed E-state index contributed by atoms with van der Waals surface area (Å²) in [6.07, 6.45) is 1.18. The monoisotopic (exact) mass is 445 g/mol.